The maximum Gasteiger partial charge on any atom is 0.350 e. The first-order chi connectivity index (χ1) is 13.6. The molecule has 0 bridgehead atoms. The van der Waals surface area contributed by atoms with Gasteiger partial charge in [0.25, 0.3) is 5.91 Å². The molecule has 0 fully saturated rings. The van der Waals surface area contributed by atoms with Gasteiger partial charge in [-0.3, -0.25) is 4.79 Å². The summed E-state index contributed by atoms with van der Waals surface area (Å²) in [4.78, 5) is 41.3. The summed E-state index contributed by atoms with van der Waals surface area (Å²) in [7, 11) is 0. The lowest BCUT2D eigenvalue weighted by Gasteiger charge is -2.26. The Morgan fingerprint density at radius 3 is 2.41 bits per heavy atom. The van der Waals surface area contributed by atoms with Crippen LogP contribution in [-0.2, 0) is 14.3 Å². The van der Waals surface area contributed by atoms with Gasteiger partial charge in [-0.25, -0.2) is 14.0 Å². The molecule has 0 unspecified atom stereocenters. The number of H-pyrrole nitrogens is 2. The average Bonchev–Trinajstić information content (AvgIpc) is 3.02. The van der Waals surface area contributed by atoms with Crippen LogP contribution in [0.4, 0.5) is 10.1 Å². The van der Waals surface area contributed by atoms with Gasteiger partial charge in [0.15, 0.2) is 11.7 Å². The van der Waals surface area contributed by atoms with Crippen molar-refractivity contribution in [3.8, 4) is 5.75 Å². The lowest BCUT2D eigenvalue weighted by atomic mass is 10.1. The van der Waals surface area contributed by atoms with Crippen molar-refractivity contribution >= 4 is 28.6 Å². The van der Waals surface area contributed by atoms with Gasteiger partial charge in [0.1, 0.15) is 11.6 Å². The molecule has 0 aliphatic rings. The number of carbonyl (C=O) groups excluding carboxylic acids is 2. The van der Waals surface area contributed by atoms with Crippen molar-refractivity contribution in [2.75, 3.05) is 5.32 Å². The molecule has 0 spiro atoms. The lowest BCUT2D eigenvalue weighted by molar-refractivity contribution is -0.166. The second-order valence-electron chi connectivity index (χ2n) is 6.94. The number of imidazole rings is 1. The van der Waals surface area contributed by atoms with Gasteiger partial charge in [-0.1, -0.05) is 0 Å². The molecule has 3 rings (SSSR count). The molecule has 1 amide bonds. The quantitative estimate of drug-likeness (QED) is 0.550. The number of benzene rings is 2. The molecule has 3 aromatic rings. The van der Waals surface area contributed by atoms with Crippen LogP contribution in [0.3, 0.4) is 0 Å². The van der Waals surface area contributed by atoms with Gasteiger partial charge in [0.2, 0.25) is 0 Å². The lowest BCUT2D eigenvalue weighted by Crippen LogP contribution is -2.43. The van der Waals surface area contributed by atoms with E-state index in [0.717, 1.165) is 0 Å². The van der Waals surface area contributed by atoms with Crippen molar-refractivity contribution in [2.24, 2.45) is 0 Å². The molecule has 3 N–H and O–H groups in total. The van der Waals surface area contributed by atoms with Gasteiger partial charge in [0.05, 0.1) is 11.0 Å². The van der Waals surface area contributed by atoms with Crippen LogP contribution in [0.15, 0.2) is 47.3 Å². The first-order valence-corrected chi connectivity index (χ1v) is 8.82. The molecule has 2 aromatic carbocycles. The number of fused-ring (bicyclic) bond motifs is 1. The maximum atomic E-state index is 13.0. The summed E-state index contributed by atoms with van der Waals surface area (Å²) in [5.41, 5.74) is -0.175. The Bertz CT molecular complexity index is 1100. The number of ether oxygens (including phenoxy) is 2. The molecule has 0 saturated heterocycles. The number of halogens is 1. The molecule has 9 heteroatoms. The molecular formula is C20H20FN3O5. The largest absolute Gasteiger partial charge is 0.476 e. The maximum absolute atomic E-state index is 13.0. The monoisotopic (exact) mass is 401 g/mol. The Kier molecular flexibility index (Phi) is 5.40. The zero-order chi connectivity index (χ0) is 21.2. The highest BCUT2D eigenvalue weighted by atomic mass is 19.1. The number of hydrogen-bond donors (Lipinski definition) is 3. The topological polar surface area (TPSA) is 113 Å². The summed E-state index contributed by atoms with van der Waals surface area (Å²) in [5.74, 6) is -1.44. The van der Waals surface area contributed by atoms with Crippen molar-refractivity contribution in [3.05, 3.63) is 58.8 Å². The smallest absolute Gasteiger partial charge is 0.350 e. The second-order valence-corrected chi connectivity index (χ2v) is 6.94. The number of amides is 1. The predicted molar refractivity (Wildman–Crippen MR) is 104 cm³/mol. The normalized spacial score (nSPS) is 12.4. The molecule has 0 radical (unpaired) electrons. The van der Waals surface area contributed by atoms with E-state index in [4.69, 9.17) is 9.47 Å². The molecule has 0 aliphatic carbocycles. The van der Waals surface area contributed by atoms with E-state index in [1.807, 2.05) is 0 Å². The minimum atomic E-state index is -1.39. The predicted octanol–water partition coefficient (Wildman–Crippen LogP) is 2.72. The van der Waals surface area contributed by atoms with E-state index in [9.17, 15) is 18.8 Å². The van der Waals surface area contributed by atoms with Crippen LogP contribution in [0.5, 0.6) is 5.75 Å². The zero-order valence-electron chi connectivity index (χ0n) is 16.0. The van der Waals surface area contributed by atoms with E-state index in [1.165, 1.54) is 45.0 Å². The number of esters is 1. The highest BCUT2D eigenvalue weighted by Crippen LogP contribution is 2.21. The highest BCUT2D eigenvalue weighted by Gasteiger charge is 2.34. The van der Waals surface area contributed by atoms with Crippen molar-refractivity contribution in [1.82, 2.24) is 9.97 Å². The van der Waals surface area contributed by atoms with E-state index in [-0.39, 0.29) is 5.69 Å². The van der Waals surface area contributed by atoms with Crippen LogP contribution in [0.25, 0.3) is 11.0 Å². The molecule has 8 nitrogen and oxygen atoms in total. The van der Waals surface area contributed by atoms with Gasteiger partial charge >= 0.3 is 11.7 Å². The molecule has 0 saturated carbocycles. The van der Waals surface area contributed by atoms with Crippen LogP contribution in [-0.4, -0.2) is 33.5 Å². The molecule has 1 aromatic heterocycles. The number of hydrogen-bond acceptors (Lipinski definition) is 5. The number of aromatic nitrogens is 2. The third kappa shape index (κ3) is 4.81. The minimum absolute atomic E-state index is 0.291. The third-order valence-electron chi connectivity index (χ3n) is 4.11. The van der Waals surface area contributed by atoms with Gasteiger partial charge in [0, 0.05) is 5.69 Å². The fourth-order valence-corrected chi connectivity index (χ4v) is 2.55. The number of carbonyl (C=O) groups is 2. The molecule has 1 atom stereocenters. The summed E-state index contributed by atoms with van der Waals surface area (Å²) in [6, 6.07) is 10.0. The summed E-state index contributed by atoms with van der Waals surface area (Å²) in [6.45, 7) is 4.40. The van der Waals surface area contributed by atoms with Crippen LogP contribution in [0.1, 0.15) is 20.8 Å². The first kappa shape index (κ1) is 20.1. The van der Waals surface area contributed by atoms with Gasteiger partial charge < -0.3 is 24.8 Å². The van der Waals surface area contributed by atoms with Crippen LogP contribution >= 0.6 is 0 Å². The van der Waals surface area contributed by atoms with Crippen molar-refractivity contribution in [2.45, 2.75) is 32.5 Å². The number of anilines is 1. The number of nitrogens with one attached hydrogen (secondary N) is 3. The fourth-order valence-electron chi connectivity index (χ4n) is 2.55. The van der Waals surface area contributed by atoms with E-state index < -0.39 is 29.4 Å². The summed E-state index contributed by atoms with van der Waals surface area (Å²) in [6.07, 6.45) is -1.10. The van der Waals surface area contributed by atoms with E-state index in [2.05, 4.69) is 15.3 Å². The molecular weight excluding hydrogens is 381 g/mol. The van der Waals surface area contributed by atoms with Crippen molar-refractivity contribution in [1.29, 1.82) is 0 Å². The van der Waals surface area contributed by atoms with Crippen LogP contribution in [0, 0.1) is 5.82 Å². The standard InChI is InChI=1S/C20H20FN3O5/c1-11(17(25)22-13-6-9-15-16(10-13)24-19(27)23-15)28-18(26)20(2,3)29-14-7-4-12(21)5-8-14/h4-11H,1-3H3,(H,22,25)(H2,23,24,27)/t11-/m0/s1. The summed E-state index contributed by atoms with van der Waals surface area (Å²) < 4.78 is 23.8. The highest BCUT2D eigenvalue weighted by molar-refractivity contribution is 5.97. The molecule has 0 aliphatic heterocycles. The van der Waals surface area contributed by atoms with Crippen LogP contribution < -0.4 is 15.7 Å². The Morgan fingerprint density at radius 1 is 1.07 bits per heavy atom. The molecule has 1 heterocycles. The molecule has 29 heavy (non-hydrogen) atoms. The average molecular weight is 401 g/mol. The Hall–Kier alpha value is -3.62. The Balaban J connectivity index is 1.61. The number of rotatable bonds is 6. The van der Waals surface area contributed by atoms with E-state index in [0.29, 0.717) is 22.5 Å². The van der Waals surface area contributed by atoms with Crippen LogP contribution in [0.2, 0.25) is 0 Å². The number of aromatic amines is 2. The van der Waals surface area contributed by atoms with Gasteiger partial charge in [-0.05, 0) is 63.2 Å². The summed E-state index contributed by atoms with van der Waals surface area (Å²) in [5, 5.41) is 2.62. The van der Waals surface area contributed by atoms with E-state index in [1.54, 1.807) is 18.2 Å². The van der Waals surface area contributed by atoms with E-state index >= 15 is 0 Å². The Labute approximate surface area is 165 Å². The SMILES string of the molecule is C[C@H](OC(=O)C(C)(C)Oc1ccc(F)cc1)C(=O)Nc1ccc2[nH]c(=O)[nH]c2c1. The Morgan fingerprint density at radius 2 is 1.72 bits per heavy atom. The van der Waals surface area contributed by atoms with Gasteiger partial charge in [-0.2, -0.15) is 0 Å². The first-order valence-electron chi connectivity index (χ1n) is 8.82. The third-order valence-corrected chi connectivity index (χ3v) is 4.11. The zero-order valence-corrected chi connectivity index (χ0v) is 16.0. The van der Waals surface area contributed by atoms with Gasteiger partial charge in [-0.15, -0.1) is 0 Å². The van der Waals surface area contributed by atoms with Crippen molar-refractivity contribution in [3.63, 3.8) is 0 Å². The second kappa shape index (κ2) is 7.78. The molecule has 152 valence electrons. The van der Waals surface area contributed by atoms with Crippen molar-refractivity contribution < 1.29 is 23.5 Å². The minimum Gasteiger partial charge on any atom is -0.476 e. The summed E-state index contributed by atoms with van der Waals surface area (Å²) >= 11 is 0. The fraction of sp³-hybridized carbons (Fsp3) is 0.250.